The Bertz CT molecular complexity index is 1010. The van der Waals surface area contributed by atoms with Gasteiger partial charge in [0, 0.05) is 18.5 Å². The first-order chi connectivity index (χ1) is 15.7. The van der Waals surface area contributed by atoms with Crippen LogP contribution in [0.25, 0.3) is 11.8 Å². The quantitative estimate of drug-likeness (QED) is 0.410. The van der Waals surface area contributed by atoms with Crippen molar-refractivity contribution in [3.05, 3.63) is 53.1 Å². The molecule has 1 aromatic heterocycles. The van der Waals surface area contributed by atoms with Crippen LogP contribution in [0.1, 0.15) is 67.2 Å². The second-order valence-electron chi connectivity index (χ2n) is 8.76. The second-order valence-corrected chi connectivity index (χ2v) is 8.76. The summed E-state index contributed by atoms with van der Waals surface area (Å²) in [5.74, 6) is -1.44. The molecule has 178 valence electrons. The lowest BCUT2D eigenvalue weighted by Gasteiger charge is -2.12. The lowest BCUT2D eigenvalue weighted by atomic mass is 9.98. The highest BCUT2D eigenvalue weighted by Crippen LogP contribution is 2.30. The highest BCUT2D eigenvalue weighted by atomic mass is 19.1. The molecule has 1 aliphatic rings. The minimum Gasteiger partial charge on any atom is -0.481 e. The summed E-state index contributed by atoms with van der Waals surface area (Å²) in [5.41, 5.74) is 2.01. The van der Waals surface area contributed by atoms with E-state index in [1.807, 2.05) is 13.8 Å². The number of aliphatic carboxylic acids is 1. The maximum atomic E-state index is 13.5. The molecular formula is C24H30FN3O5. The van der Waals surface area contributed by atoms with Crippen LogP contribution in [-0.2, 0) is 4.79 Å². The number of benzene rings is 1. The number of nitrogens with one attached hydrogen (secondary N) is 1. The molecule has 1 aromatic carbocycles. The van der Waals surface area contributed by atoms with Crippen LogP contribution in [-0.4, -0.2) is 55.7 Å². The monoisotopic (exact) mass is 459 g/mol. The lowest BCUT2D eigenvalue weighted by molar-refractivity contribution is -0.139. The summed E-state index contributed by atoms with van der Waals surface area (Å²) >= 11 is 0. The van der Waals surface area contributed by atoms with Crippen molar-refractivity contribution in [2.45, 2.75) is 57.7 Å². The van der Waals surface area contributed by atoms with E-state index in [9.17, 15) is 24.2 Å². The smallest absolute Gasteiger partial charge is 0.305 e. The van der Waals surface area contributed by atoms with Crippen LogP contribution in [0.2, 0.25) is 0 Å². The van der Waals surface area contributed by atoms with Gasteiger partial charge in [0.1, 0.15) is 5.82 Å². The molecule has 8 nitrogen and oxygen atoms in total. The topological polar surface area (TPSA) is 125 Å². The predicted molar refractivity (Wildman–Crippen MR) is 121 cm³/mol. The Hall–Kier alpha value is -3.04. The molecule has 1 aliphatic carbocycles. The van der Waals surface area contributed by atoms with Gasteiger partial charge in [0.15, 0.2) is 5.69 Å². The van der Waals surface area contributed by atoms with Crippen LogP contribution < -0.4 is 5.32 Å². The van der Waals surface area contributed by atoms with Gasteiger partial charge >= 0.3 is 5.97 Å². The number of carbonyl (C=O) groups excluding carboxylic acids is 1. The van der Waals surface area contributed by atoms with Crippen LogP contribution >= 0.6 is 0 Å². The maximum absolute atomic E-state index is 13.5. The largest absolute Gasteiger partial charge is 0.481 e. The molecule has 0 spiro atoms. The minimum absolute atomic E-state index is 0.0877. The van der Waals surface area contributed by atoms with Crippen LogP contribution in [0.3, 0.4) is 0 Å². The Labute approximate surface area is 191 Å². The Kier molecular flexibility index (Phi) is 7.99. The molecule has 1 fully saturated rings. The van der Waals surface area contributed by atoms with Crippen molar-refractivity contribution in [3.63, 3.8) is 0 Å². The summed E-state index contributed by atoms with van der Waals surface area (Å²) in [4.78, 5) is 23.7. The number of carboxylic acid groups (broad SMARTS) is 1. The number of carboxylic acids is 1. The zero-order valence-electron chi connectivity index (χ0n) is 18.7. The Morgan fingerprint density at radius 1 is 1.24 bits per heavy atom. The summed E-state index contributed by atoms with van der Waals surface area (Å²) in [6.45, 7) is 4.44. The molecule has 3 rings (SSSR count). The van der Waals surface area contributed by atoms with E-state index in [-0.39, 0.29) is 23.9 Å². The van der Waals surface area contributed by atoms with E-state index < -0.39 is 30.4 Å². The van der Waals surface area contributed by atoms with Gasteiger partial charge in [-0.05, 0) is 55.0 Å². The first kappa shape index (κ1) is 24.6. The summed E-state index contributed by atoms with van der Waals surface area (Å²) in [5, 5.41) is 36.3. The SMILES string of the molecule is CC(C)c1c(C(=O)NCC2CC2)nn(-c2ccc(F)cc2)c1/C=C/[C@@H](O)C[C@@H](O)CC(=O)O. The molecule has 9 heteroatoms. The molecule has 0 aliphatic heterocycles. The normalized spacial score (nSPS) is 15.7. The Morgan fingerprint density at radius 3 is 2.48 bits per heavy atom. The number of carbonyl (C=O) groups is 2. The molecule has 33 heavy (non-hydrogen) atoms. The number of amides is 1. The first-order valence-electron chi connectivity index (χ1n) is 11.1. The van der Waals surface area contributed by atoms with Gasteiger partial charge in [-0.3, -0.25) is 9.59 Å². The van der Waals surface area contributed by atoms with E-state index >= 15 is 0 Å². The molecule has 0 unspecified atom stereocenters. The number of rotatable bonds is 11. The molecule has 2 atom stereocenters. The molecule has 0 saturated heterocycles. The summed E-state index contributed by atoms with van der Waals surface area (Å²) in [7, 11) is 0. The maximum Gasteiger partial charge on any atom is 0.305 e. The summed E-state index contributed by atoms with van der Waals surface area (Å²) in [6.07, 6.45) is 2.30. The third-order valence-electron chi connectivity index (χ3n) is 5.47. The van der Waals surface area contributed by atoms with Gasteiger partial charge < -0.3 is 20.6 Å². The summed E-state index contributed by atoms with van der Waals surface area (Å²) in [6, 6.07) is 5.68. The zero-order chi connectivity index (χ0) is 24.1. The molecular weight excluding hydrogens is 429 g/mol. The van der Waals surface area contributed by atoms with E-state index in [2.05, 4.69) is 10.4 Å². The number of hydrogen-bond donors (Lipinski definition) is 4. The van der Waals surface area contributed by atoms with Crippen molar-refractivity contribution in [3.8, 4) is 5.69 Å². The van der Waals surface area contributed by atoms with E-state index in [0.717, 1.165) is 12.8 Å². The van der Waals surface area contributed by atoms with Crippen LogP contribution in [0.4, 0.5) is 4.39 Å². The standard InChI is InChI=1S/C24H30FN3O5/c1-14(2)22-20(10-9-18(29)11-19(30)12-21(31)32)28(17-7-5-16(25)6-8-17)27-23(22)24(33)26-13-15-3-4-15/h5-10,14-15,18-19,29-30H,3-4,11-13H2,1-2H3,(H,26,33)(H,31,32)/b10-9+/t18-,19-/m1/s1. The third kappa shape index (κ3) is 6.72. The number of halogens is 1. The molecule has 0 bridgehead atoms. The fourth-order valence-electron chi connectivity index (χ4n) is 3.61. The van der Waals surface area contributed by atoms with Gasteiger partial charge in [0.2, 0.25) is 0 Å². The summed E-state index contributed by atoms with van der Waals surface area (Å²) < 4.78 is 15.0. The minimum atomic E-state index is -1.20. The lowest BCUT2D eigenvalue weighted by Crippen LogP contribution is -2.27. The Morgan fingerprint density at radius 2 is 1.91 bits per heavy atom. The number of nitrogens with zero attached hydrogens (tertiary/aromatic N) is 2. The van der Waals surface area contributed by atoms with Gasteiger partial charge in [-0.1, -0.05) is 19.9 Å². The van der Waals surface area contributed by atoms with Crippen molar-refractivity contribution in [1.82, 2.24) is 15.1 Å². The predicted octanol–water partition coefficient (Wildman–Crippen LogP) is 2.87. The van der Waals surface area contributed by atoms with Gasteiger partial charge in [-0.2, -0.15) is 5.10 Å². The molecule has 1 heterocycles. The van der Waals surface area contributed by atoms with Gasteiger partial charge in [0.05, 0.1) is 30.0 Å². The van der Waals surface area contributed by atoms with E-state index in [1.54, 1.807) is 18.2 Å². The molecule has 0 radical (unpaired) electrons. The fourth-order valence-corrected chi connectivity index (χ4v) is 3.61. The van der Waals surface area contributed by atoms with E-state index in [1.165, 1.54) is 22.9 Å². The van der Waals surface area contributed by atoms with Crippen molar-refractivity contribution in [1.29, 1.82) is 0 Å². The van der Waals surface area contributed by atoms with Crippen LogP contribution in [0.15, 0.2) is 30.3 Å². The molecule has 2 aromatic rings. The third-order valence-corrected chi connectivity index (χ3v) is 5.47. The van der Waals surface area contributed by atoms with Crippen molar-refractivity contribution >= 4 is 18.0 Å². The number of aliphatic hydroxyl groups is 2. The average molecular weight is 460 g/mol. The van der Waals surface area contributed by atoms with Crippen LogP contribution in [0.5, 0.6) is 0 Å². The second kappa shape index (κ2) is 10.7. The van der Waals surface area contributed by atoms with Crippen molar-refractivity contribution in [2.24, 2.45) is 5.92 Å². The van der Waals surface area contributed by atoms with Gasteiger partial charge in [0.25, 0.3) is 5.91 Å². The van der Waals surface area contributed by atoms with E-state index in [0.29, 0.717) is 29.4 Å². The molecule has 1 amide bonds. The van der Waals surface area contributed by atoms with Crippen molar-refractivity contribution in [2.75, 3.05) is 6.54 Å². The van der Waals surface area contributed by atoms with Crippen molar-refractivity contribution < 1.29 is 29.3 Å². The van der Waals surface area contributed by atoms with Crippen LogP contribution in [0, 0.1) is 11.7 Å². The number of hydrogen-bond acceptors (Lipinski definition) is 5. The fraction of sp³-hybridized carbons (Fsp3) is 0.458. The van der Waals surface area contributed by atoms with Gasteiger partial charge in [-0.15, -0.1) is 0 Å². The highest BCUT2D eigenvalue weighted by Gasteiger charge is 2.27. The average Bonchev–Trinajstić information content (AvgIpc) is 3.48. The molecule has 1 saturated carbocycles. The first-order valence-corrected chi connectivity index (χ1v) is 11.1. The zero-order valence-corrected chi connectivity index (χ0v) is 18.7. The molecule has 4 N–H and O–H groups in total. The van der Waals surface area contributed by atoms with Gasteiger partial charge in [-0.25, -0.2) is 9.07 Å². The number of aliphatic hydroxyl groups excluding tert-OH is 2. The number of aromatic nitrogens is 2. The highest BCUT2D eigenvalue weighted by molar-refractivity contribution is 5.95. The Balaban J connectivity index is 1.96. The van der Waals surface area contributed by atoms with E-state index in [4.69, 9.17) is 5.11 Å².